The van der Waals surface area contributed by atoms with Crippen molar-refractivity contribution in [2.75, 3.05) is 5.32 Å². The number of anilines is 1. The lowest BCUT2D eigenvalue weighted by atomic mass is 9.88. The van der Waals surface area contributed by atoms with E-state index in [0.29, 0.717) is 37.9 Å². The first-order valence-corrected chi connectivity index (χ1v) is 10.4. The van der Waals surface area contributed by atoms with Gasteiger partial charge in [-0.25, -0.2) is 23.9 Å². The highest BCUT2D eigenvalue weighted by atomic mass is 127. The molecule has 0 saturated carbocycles. The standard InChI is InChI=1S/C21H16FIN6O/c1-21(2)15-17(23)26-19(27-18(15)28-20(21)30)16-13-8-5-9-24-29(13)14(25-16)10-11-6-3-4-7-12(11)22/h3-9H,10H2,1-2H3,(H,26,27,28,30). The van der Waals surface area contributed by atoms with Crippen LogP contribution in [0, 0.1) is 9.52 Å². The Balaban J connectivity index is 1.67. The van der Waals surface area contributed by atoms with Gasteiger partial charge in [-0.3, -0.25) is 4.79 Å². The minimum absolute atomic E-state index is 0.113. The fourth-order valence-electron chi connectivity index (χ4n) is 3.64. The lowest BCUT2D eigenvalue weighted by molar-refractivity contribution is -0.119. The summed E-state index contributed by atoms with van der Waals surface area (Å²) in [6.45, 7) is 3.70. The SMILES string of the molecule is CC1(C)C(=O)Nc2nc(-c3nc(Cc4ccccc4F)n4ncccc34)nc(I)c21. The van der Waals surface area contributed by atoms with Crippen LogP contribution in [0.1, 0.15) is 30.8 Å². The van der Waals surface area contributed by atoms with E-state index < -0.39 is 5.41 Å². The number of rotatable bonds is 3. The summed E-state index contributed by atoms with van der Waals surface area (Å²) in [7, 11) is 0. The first-order valence-electron chi connectivity index (χ1n) is 9.32. The maximum absolute atomic E-state index is 14.2. The van der Waals surface area contributed by atoms with Crippen molar-refractivity contribution in [3.05, 3.63) is 69.1 Å². The van der Waals surface area contributed by atoms with Crippen LogP contribution < -0.4 is 5.32 Å². The van der Waals surface area contributed by atoms with Gasteiger partial charge in [0.05, 0.1) is 10.9 Å². The zero-order chi connectivity index (χ0) is 21.0. The van der Waals surface area contributed by atoms with E-state index in [-0.39, 0.29) is 18.1 Å². The second-order valence-corrected chi connectivity index (χ2v) is 8.63. The van der Waals surface area contributed by atoms with Gasteiger partial charge in [-0.1, -0.05) is 18.2 Å². The van der Waals surface area contributed by atoms with E-state index in [4.69, 9.17) is 4.98 Å². The highest BCUT2D eigenvalue weighted by Crippen LogP contribution is 2.39. The third-order valence-electron chi connectivity index (χ3n) is 5.29. The van der Waals surface area contributed by atoms with Crippen molar-refractivity contribution in [2.45, 2.75) is 25.7 Å². The molecule has 0 fully saturated rings. The summed E-state index contributed by atoms with van der Waals surface area (Å²) in [6.07, 6.45) is 1.93. The Morgan fingerprint density at radius 2 is 1.93 bits per heavy atom. The fourth-order valence-corrected chi connectivity index (χ4v) is 4.80. The van der Waals surface area contributed by atoms with Crippen LogP contribution in [0.5, 0.6) is 0 Å². The van der Waals surface area contributed by atoms with Gasteiger partial charge in [-0.2, -0.15) is 5.10 Å². The Bertz CT molecular complexity index is 1330. The van der Waals surface area contributed by atoms with Crippen LogP contribution in [-0.4, -0.2) is 30.5 Å². The monoisotopic (exact) mass is 514 g/mol. The van der Waals surface area contributed by atoms with Crippen LogP contribution in [0.3, 0.4) is 0 Å². The van der Waals surface area contributed by atoms with Crippen LogP contribution >= 0.6 is 22.6 Å². The lowest BCUT2D eigenvalue weighted by Crippen LogP contribution is -2.27. The van der Waals surface area contributed by atoms with Gasteiger partial charge in [0.25, 0.3) is 0 Å². The molecule has 0 saturated heterocycles. The van der Waals surface area contributed by atoms with Crippen LogP contribution in [0.2, 0.25) is 0 Å². The van der Waals surface area contributed by atoms with Gasteiger partial charge in [-0.15, -0.1) is 0 Å². The molecule has 0 spiro atoms. The summed E-state index contributed by atoms with van der Waals surface area (Å²) in [5, 5.41) is 7.23. The molecule has 1 aliphatic rings. The van der Waals surface area contributed by atoms with Crippen molar-refractivity contribution in [2.24, 2.45) is 0 Å². The average molecular weight is 514 g/mol. The maximum atomic E-state index is 14.2. The van der Waals surface area contributed by atoms with Crippen molar-refractivity contribution in [3.63, 3.8) is 0 Å². The molecule has 150 valence electrons. The molecular formula is C21H16FIN6O. The van der Waals surface area contributed by atoms with E-state index in [1.807, 2.05) is 19.9 Å². The Labute approximate surface area is 184 Å². The molecule has 0 radical (unpaired) electrons. The number of amides is 1. The number of carbonyl (C=O) groups excluding carboxylic acids is 1. The van der Waals surface area contributed by atoms with E-state index in [2.05, 4.69) is 43.0 Å². The molecule has 7 nitrogen and oxygen atoms in total. The smallest absolute Gasteiger partial charge is 0.235 e. The molecule has 1 aliphatic heterocycles. The predicted octanol–water partition coefficient (Wildman–Crippen LogP) is 3.75. The third kappa shape index (κ3) is 2.87. The summed E-state index contributed by atoms with van der Waals surface area (Å²) in [5.41, 5.74) is 1.86. The van der Waals surface area contributed by atoms with Gasteiger partial charge >= 0.3 is 0 Å². The van der Waals surface area contributed by atoms with E-state index in [1.54, 1.807) is 35.0 Å². The second-order valence-electron chi connectivity index (χ2n) is 7.61. The number of benzene rings is 1. The molecule has 4 heterocycles. The zero-order valence-corrected chi connectivity index (χ0v) is 18.3. The van der Waals surface area contributed by atoms with Gasteiger partial charge in [-0.05, 0) is 60.2 Å². The summed E-state index contributed by atoms with van der Waals surface area (Å²) >= 11 is 2.12. The van der Waals surface area contributed by atoms with Crippen molar-refractivity contribution in [1.82, 2.24) is 24.6 Å². The second kappa shape index (κ2) is 6.79. The summed E-state index contributed by atoms with van der Waals surface area (Å²) < 4.78 is 16.6. The Morgan fingerprint density at radius 3 is 2.73 bits per heavy atom. The van der Waals surface area contributed by atoms with E-state index in [1.165, 1.54) is 6.07 Å². The maximum Gasteiger partial charge on any atom is 0.235 e. The van der Waals surface area contributed by atoms with Gasteiger partial charge in [0.15, 0.2) is 5.82 Å². The Kier molecular flexibility index (Phi) is 4.31. The fraction of sp³-hybridized carbons (Fsp3) is 0.190. The molecule has 30 heavy (non-hydrogen) atoms. The molecule has 0 unspecified atom stereocenters. The van der Waals surface area contributed by atoms with Crippen molar-refractivity contribution in [1.29, 1.82) is 0 Å². The number of nitrogens with one attached hydrogen (secondary N) is 1. The highest BCUT2D eigenvalue weighted by molar-refractivity contribution is 14.1. The van der Waals surface area contributed by atoms with Crippen LogP contribution in [0.25, 0.3) is 17.0 Å². The van der Waals surface area contributed by atoms with Gasteiger partial charge < -0.3 is 5.32 Å². The van der Waals surface area contributed by atoms with E-state index in [9.17, 15) is 9.18 Å². The van der Waals surface area contributed by atoms with Gasteiger partial charge in [0.2, 0.25) is 5.91 Å². The first-order chi connectivity index (χ1) is 14.4. The minimum Gasteiger partial charge on any atom is -0.310 e. The van der Waals surface area contributed by atoms with Crippen molar-refractivity contribution >= 4 is 39.8 Å². The van der Waals surface area contributed by atoms with E-state index >= 15 is 0 Å². The summed E-state index contributed by atoms with van der Waals surface area (Å²) in [5.74, 6) is 1.06. The number of hydrogen-bond donors (Lipinski definition) is 1. The largest absolute Gasteiger partial charge is 0.310 e. The van der Waals surface area contributed by atoms with Crippen LogP contribution in [-0.2, 0) is 16.6 Å². The normalized spacial score (nSPS) is 14.7. The molecule has 0 bridgehead atoms. The molecule has 1 amide bonds. The average Bonchev–Trinajstić information content (AvgIpc) is 3.18. The zero-order valence-electron chi connectivity index (χ0n) is 16.1. The molecule has 0 atom stereocenters. The molecule has 4 aromatic rings. The topological polar surface area (TPSA) is 85.1 Å². The summed E-state index contributed by atoms with van der Waals surface area (Å²) in [4.78, 5) is 26.3. The van der Waals surface area contributed by atoms with E-state index in [0.717, 1.165) is 5.56 Å². The van der Waals surface area contributed by atoms with Gasteiger partial charge in [0.1, 0.15) is 26.9 Å². The number of carbonyl (C=O) groups is 1. The van der Waals surface area contributed by atoms with Crippen molar-refractivity contribution < 1.29 is 9.18 Å². The van der Waals surface area contributed by atoms with Gasteiger partial charge in [0, 0.05) is 18.2 Å². The first kappa shape index (κ1) is 19.0. The molecular weight excluding hydrogens is 498 g/mol. The Morgan fingerprint density at radius 1 is 1.13 bits per heavy atom. The number of nitrogens with zero attached hydrogens (tertiary/aromatic N) is 5. The Hall–Kier alpha value is -2.95. The highest BCUT2D eigenvalue weighted by Gasteiger charge is 2.42. The van der Waals surface area contributed by atoms with Crippen LogP contribution in [0.15, 0.2) is 42.6 Å². The van der Waals surface area contributed by atoms with Crippen molar-refractivity contribution in [3.8, 4) is 11.5 Å². The number of hydrogen-bond acceptors (Lipinski definition) is 5. The number of halogens is 2. The number of aromatic nitrogens is 5. The molecule has 5 rings (SSSR count). The molecule has 0 aliphatic carbocycles. The molecule has 1 N–H and O–H groups in total. The predicted molar refractivity (Wildman–Crippen MR) is 118 cm³/mol. The summed E-state index contributed by atoms with van der Waals surface area (Å²) in [6, 6.07) is 10.3. The van der Waals surface area contributed by atoms with Crippen LogP contribution in [0.4, 0.5) is 10.2 Å². The third-order valence-corrected chi connectivity index (χ3v) is 6.07. The molecule has 1 aromatic carbocycles. The lowest BCUT2D eigenvalue weighted by Gasteiger charge is -2.15. The number of imidazole rings is 1. The number of fused-ring (bicyclic) bond motifs is 2. The molecule has 3 aromatic heterocycles. The quantitative estimate of drug-likeness (QED) is 0.333. The molecule has 9 heteroatoms. The minimum atomic E-state index is -0.696.